The van der Waals surface area contributed by atoms with Crippen LogP contribution < -0.4 is 5.73 Å². The van der Waals surface area contributed by atoms with Gasteiger partial charge in [-0.2, -0.15) is 9.50 Å². The van der Waals surface area contributed by atoms with E-state index in [9.17, 15) is 33.3 Å². The highest BCUT2D eigenvalue weighted by atomic mass is 32.2. The molecule has 1 saturated heterocycles. The number of nitrogens with two attached hydrogens (primary N) is 1. The molecule has 2 aromatic heterocycles. The van der Waals surface area contributed by atoms with Crippen LogP contribution in [-0.2, 0) is 25.2 Å². The van der Waals surface area contributed by atoms with Crippen LogP contribution in [0, 0.1) is 6.92 Å². The van der Waals surface area contributed by atoms with Crippen molar-refractivity contribution in [3.8, 4) is 11.5 Å². The Morgan fingerprint density at radius 3 is 2.70 bits per heavy atom. The van der Waals surface area contributed by atoms with Crippen LogP contribution in [0.2, 0.25) is 0 Å². The van der Waals surface area contributed by atoms with E-state index in [0.29, 0.717) is 22.0 Å². The lowest BCUT2D eigenvalue weighted by Crippen LogP contribution is -2.68. The third-order valence-corrected chi connectivity index (χ3v) is 9.81. The van der Waals surface area contributed by atoms with Crippen LogP contribution in [0.3, 0.4) is 0 Å². The molecule has 0 unspecified atom stereocenters. The van der Waals surface area contributed by atoms with E-state index in [1.165, 1.54) is 39.0 Å². The maximum Gasteiger partial charge on any atom is 0.352 e. The number of rotatable bonds is 7. The Morgan fingerprint density at radius 2 is 2.00 bits per heavy atom. The summed E-state index contributed by atoms with van der Waals surface area (Å²) >= 11 is 2.66. The number of benzene rings is 1. The molecule has 16 heteroatoms. The highest BCUT2D eigenvalue weighted by Gasteiger charge is 2.51. The Bertz CT molecular complexity index is 1600. The number of carbonyl (C=O) groups is 2. The number of carboxylic acids is 1. The van der Waals surface area contributed by atoms with E-state index in [0.717, 1.165) is 12.1 Å². The number of nitrogens with zero attached hydrogens (tertiary/aromatic N) is 5. The van der Waals surface area contributed by atoms with Crippen LogP contribution >= 0.6 is 23.5 Å². The van der Waals surface area contributed by atoms with Gasteiger partial charge in [0.1, 0.15) is 27.9 Å². The third kappa shape index (κ3) is 4.49. The number of sulfone groups is 1. The molecule has 1 aromatic carbocycles. The van der Waals surface area contributed by atoms with Crippen LogP contribution in [0.25, 0.3) is 5.78 Å². The van der Waals surface area contributed by atoms with E-state index >= 15 is 0 Å². The van der Waals surface area contributed by atoms with Crippen molar-refractivity contribution in [1.29, 1.82) is 0 Å². The summed E-state index contributed by atoms with van der Waals surface area (Å²) in [6.07, 6.45) is 0. The lowest BCUT2D eigenvalue weighted by atomic mass is 10.0. The predicted octanol–water partition coefficient (Wildman–Crippen LogP) is 0.491. The quantitative estimate of drug-likeness (QED) is 0.134. The number of aryl methyl sites for hydroxylation is 1. The molecule has 5 rings (SSSR count). The van der Waals surface area contributed by atoms with E-state index in [2.05, 4.69) is 15.1 Å². The van der Waals surface area contributed by atoms with Gasteiger partial charge >= 0.3 is 5.97 Å². The minimum Gasteiger partial charge on any atom is -0.504 e. The summed E-state index contributed by atoms with van der Waals surface area (Å²) in [6.45, 7) is 1.73. The second kappa shape index (κ2) is 9.20. The van der Waals surface area contributed by atoms with Gasteiger partial charge in [-0.05, 0) is 30.7 Å². The molecule has 2 aliphatic heterocycles. The Balaban J connectivity index is 1.42. The van der Waals surface area contributed by atoms with Crippen molar-refractivity contribution in [3.05, 3.63) is 47.1 Å². The third-order valence-electron chi connectivity index (χ3n) is 5.76. The number of β-lactam (4-membered cyclic amide) rings is 1. The number of aliphatic carboxylic acids is 1. The van der Waals surface area contributed by atoms with Crippen molar-refractivity contribution in [2.75, 3.05) is 11.5 Å². The van der Waals surface area contributed by atoms with Crippen LogP contribution in [0.15, 0.2) is 45.5 Å². The van der Waals surface area contributed by atoms with Crippen molar-refractivity contribution in [3.63, 3.8) is 0 Å². The largest absolute Gasteiger partial charge is 0.504 e. The van der Waals surface area contributed by atoms with Gasteiger partial charge in [0, 0.05) is 23.3 Å². The van der Waals surface area contributed by atoms with E-state index in [1.54, 1.807) is 13.0 Å². The molecule has 2 aliphatic rings. The average Bonchev–Trinajstić information content (AvgIpc) is 3.24. The molecular weight excluding hydrogens is 544 g/mol. The number of amides is 1. The minimum atomic E-state index is -3.95. The van der Waals surface area contributed by atoms with Crippen LogP contribution in [-0.4, -0.2) is 83.0 Å². The predicted molar refractivity (Wildman–Crippen MR) is 133 cm³/mol. The fourth-order valence-electron chi connectivity index (χ4n) is 3.96. The number of phenolic OH excluding ortho intramolecular Hbond substituents is 2. The van der Waals surface area contributed by atoms with E-state index in [4.69, 9.17) is 5.73 Å². The van der Waals surface area contributed by atoms with Crippen molar-refractivity contribution < 1.29 is 33.3 Å². The molecule has 1 amide bonds. The van der Waals surface area contributed by atoms with Gasteiger partial charge in [0.2, 0.25) is 5.91 Å². The first kappa shape index (κ1) is 25.3. The van der Waals surface area contributed by atoms with Gasteiger partial charge in [-0.15, -0.1) is 28.6 Å². The van der Waals surface area contributed by atoms with E-state index in [-0.39, 0.29) is 27.9 Å². The fourth-order valence-corrected chi connectivity index (χ4v) is 7.64. The highest BCUT2D eigenvalue weighted by Crippen LogP contribution is 2.40. The molecule has 3 aromatic rings. The van der Waals surface area contributed by atoms with Crippen LogP contribution in [0.5, 0.6) is 11.5 Å². The fraction of sp³-hybridized carbons (Fsp3) is 0.286. The molecule has 0 radical (unpaired) electrons. The zero-order chi connectivity index (χ0) is 26.6. The number of hydrogen-bond donors (Lipinski definition) is 4. The van der Waals surface area contributed by atoms with E-state index < -0.39 is 50.4 Å². The summed E-state index contributed by atoms with van der Waals surface area (Å²) < 4.78 is 27.0. The van der Waals surface area contributed by atoms with Crippen molar-refractivity contribution >= 4 is 51.0 Å². The molecular formula is C21H20N6O7S3. The first-order valence-electron chi connectivity index (χ1n) is 10.7. The molecule has 13 nitrogen and oxygen atoms in total. The van der Waals surface area contributed by atoms with Crippen LogP contribution in [0.4, 0.5) is 0 Å². The highest BCUT2D eigenvalue weighted by molar-refractivity contribution is 8.01. The zero-order valence-electron chi connectivity index (χ0n) is 19.1. The summed E-state index contributed by atoms with van der Waals surface area (Å²) in [5.41, 5.74) is 6.88. The summed E-state index contributed by atoms with van der Waals surface area (Å²) in [4.78, 5) is 33.7. The molecule has 194 valence electrons. The standard InChI is InChI=1S/C21H20N6O7S3/c1-9-4-15(35-6-10-7-36-19-16(22)18(30)26(19)17(10)20(31)32)27-21(23-9)24-14(25-27)8-37(33,34)11-2-3-12(28)13(29)5-11/h2-5,16,19,28-29H,6-8,22H2,1H3,(H,31,32)/t16-,19-/m1/s1. The van der Waals surface area contributed by atoms with Gasteiger partial charge in [-0.25, -0.2) is 18.2 Å². The smallest absolute Gasteiger partial charge is 0.352 e. The average molecular weight is 565 g/mol. The van der Waals surface area contributed by atoms with Gasteiger partial charge in [-0.1, -0.05) is 0 Å². The molecule has 2 atom stereocenters. The van der Waals surface area contributed by atoms with Gasteiger partial charge < -0.3 is 21.1 Å². The van der Waals surface area contributed by atoms with Gasteiger partial charge in [-0.3, -0.25) is 9.69 Å². The topological polar surface area (TPSA) is 201 Å². The van der Waals surface area contributed by atoms with E-state index in [1.807, 2.05) is 0 Å². The second-order valence-electron chi connectivity index (χ2n) is 8.37. The number of aromatic nitrogens is 4. The molecule has 1 fully saturated rings. The molecule has 0 spiro atoms. The number of carboxylic acid groups (broad SMARTS) is 1. The van der Waals surface area contributed by atoms with Gasteiger partial charge in [0.25, 0.3) is 5.78 Å². The number of aromatic hydroxyl groups is 2. The van der Waals surface area contributed by atoms with Gasteiger partial charge in [0.15, 0.2) is 27.2 Å². The maximum absolute atomic E-state index is 12.8. The normalized spacial score (nSPS) is 19.7. The maximum atomic E-state index is 12.8. The Morgan fingerprint density at radius 1 is 1.24 bits per heavy atom. The summed E-state index contributed by atoms with van der Waals surface area (Å²) in [6, 6.07) is 4.19. The number of fused-ring (bicyclic) bond motifs is 2. The summed E-state index contributed by atoms with van der Waals surface area (Å²) in [7, 11) is -3.95. The molecule has 5 N–H and O–H groups in total. The van der Waals surface area contributed by atoms with Crippen molar-refractivity contribution in [1.82, 2.24) is 24.5 Å². The summed E-state index contributed by atoms with van der Waals surface area (Å²) in [5.74, 6) is -2.46. The monoisotopic (exact) mass is 564 g/mol. The van der Waals surface area contributed by atoms with Crippen molar-refractivity contribution in [2.45, 2.75) is 34.0 Å². The minimum absolute atomic E-state index is 0.0332. The van der Waals surface area contributed by atoms with Gasteiger partial charge in [0.05, 0.1) is 4.90 Å². The number of carbonyl (C=O) groups excluding carboxylic acids is 1. The Kier molecular flexibility index (Phi) is 6.29. The Labute approximate surface area is 218 Å². The zero-order valence-corrected chi connectivity index (χ0v) is 21.5. The number of phenols is 2. The molecule has 0 saturated carbocycles. The lowest BCUT2D eigenvalue weighted by molar-refractivity contribution is -0.147. The van der Waals surface area contributed by atoms with Crippen molar-refractivity contribution in [2.24, 2.45) is 5.73 Å². The lowest BCUT2D eigenvalue weighted by Gasteiger charge is -2.48. The second-order valence-corrected chi connectivity index (χ2v) is 12.5. The molecule has 4 heterocycles. The summed E-state index contributed by atoms with van der Waals surface area (Å²) in [5, 5.41) is 33.3. The SMILES string of the molecule is Cc1cc(SCC2=C(C(=O)O)N3C(=O)[C@@H](N)[C@H]3SC2)n2nc(CS(=O)(=O)c3ccc(O)c(O)c3)nc2n1. The Hall–Kier alpha value is -3.34. The first-order valence-corrected chi connectivity index (χ1v) is 14.4. The first-order chi connectivity index (χ1) is 17.5. The van der Waals surface area contributed by atoms with Crippen LogP contribution in [0.1, 0.15) is 11.5 Å². The molecule has 0 aliphatic carbocycles. The number of thioether (sulfide) groups is 2. The molecule has 37 heavy (non-hydrogen) atoms. The molecule has 0 bridgehead atoms. The number of hydrogen-bond acceptors (Lipinski definition) is 12.